The smallest absolute Gasteiger partial charge is 0.340 e. The first-order valence-corrected chi connectivity index (χ1v) is 6.34. The van der Waals surface area contributed by atoms with Gasteiger partial charge in [-0.3, -0.25) is 0 Å². The molecule has 0 heterocycles. The molecule has 0 saturated carbocycles. The van der Waals surface area contributed by atoms with Crippen molar-refractivity contribution in [1.82, 2.24) is 0 Å². The molecular formula is C16H16FNO2. The molecule has 2 aromatic carbocycles. The fourth-order valence-electron chi connectivity index (χ4n) is 2.03. The quantitative estimate of drug-likeness (QED) is 0.885. The molecule has 0 aliphatic rings. The van der Waals surface area contributed by atoms with Crippen LogP contribution in [0.3, 0.4) is 0 Å². The molecule has 2 aromatic rings. The third-order valence-electron chi connectivity index (χ3n) is 3.18. The van der Waals surface area contributed by atoms with Crippen molar-refractivity contribution in [2.75, 3.05) is 5.32 Å². The third kappa shape index (κ3) is 2.96. The molecule has 4 heteroatoms. The molecule has 0 radical (unpaired) electrons. The summed E-state index contributed by atoms with van der Waals surface area (Å²) in [4.78, 5) is 11.1. The van der Waals surface area contributed by atoms with E-state index in [2.05, 4.69) is 5.32 Å². The van der Waals surface area contributed by atoms with Gasteiger partial charge in [0.15, 0.2) is 0 Å². The van der Waals surface area contributed by atoms with Crippen LogP contribution in [0, 0.1) is 12.7 Å². The van der Waals surface area contributed by atoms with E-state index in [0.717, 1.165) is 17.2 Å². The van der Waals surface area contributed by atoms with Gasteiger partial charge in [0.25, 0.3) is 0 Å². The third-order valence-corrected chi connectivity index (χ3v) is 3.18. The standard InChI is InChI=1S/C16H16FNO2/c1-10-6-8-12(9-7-10)11(2)18-14-5-3-4-13(17)15(14)16(19)20/h3-9,11,18H,1-2H3,(H,19,20). The first-order chi connectivity index (χ1) is 9.49. The highest BCUT2D eigenvalue weighted by atomic mass is 19.1. The monoisotopic (exact) mass is 273 g/mol. The lowest BCUT2D eigenvalue weighted by Gasteiger charge is -2.17. The van der Waals surface area contributed by atoms with Gasteiger partial charge in [0.2, 0.25) is 0 Å². The van der Waals surface area contributed by atoms with Gasteiger partial charge in [0.05, 0.1) is 5.69 Å². The molecule has 0 aromatic heterocycles. The van der Waals surface area contributed by atoms with Crippen molar-refractivity contribution in [2.24, 2.45) is 0 Å². The number of nitrogens with one attached hydrogen (secondary N) is 1. The van der Waals surface area contributed by atoms with Crippen LogP contribution in [0.25, 0.3) is 0 Å². The molecule has 0 aliphatic heterocycles. The van der Waals surface area contributed by atoms with E-state index in [-0.39, 0.29) is 17.3 Å². The number of hydrogen-bond acceptors (Lipinski definition) is 2. The predicted molar refractivity (Wildman–Crippen MR) is 76.6 cm³/mol. The summed E-state index contributed by atoms with van der Waals surface area (Å²) in [6.45, 7) is 3.90. The number of carbonyl (C=O) groups is 1. The van der Waals surface area contributed by atoms with Gasteiger partial charge in [-0.1, -0.05) is 35.9 Å². The van der Waals surface area contributed by atoms with E-state index in [1.54, 1.807) is 6.07 Å². The van der Waals surface area contributed by atoms with Crippen molar-refractivity contribution in [3.05, 3.63) is 65.0 Å². The first kappa shape index (κ1) is 14.1. The molecule has 0 aliphatic carbocycles. The highest BCUT2D eigenvalue weighted by Gasteiger charge is 2.17. The number of anilines is 1. The second-order valence-corrected chi connectivity index (χ2v) is 4.74. The van der Waals surface area contributed by atoms with Crippen LogP contribution >= 0.6 is 0 Å². The number of carboxylic acid groups (broad SMARTS) is 1. The van der Waals surface area contributed by atoms with Crippen molar-refractivity contribution in [1.29, 1.82) is 0 Å². The number of aryl methyl sites for hydroxylation is 1. The summed E-state index contributed by atoms with van der Waals surface area (Å²) in [5, 5.41) is 12.1. The predicted octanol–water partition coefficient (Wildman–Crippen LogP) is 4.01. The molecular weight excluding hydrogens is 257 g/mol. The van der Waals surface area contributed by atoms with E-state index < -0.39 is 11.8 Å². The van der Waals surface area contributed by atoms with E-state index in [1.807, 2.05) is 38.1 Å². The van der Waals surface area contributed by atoms with Gasteiger partial charge in [0, 0.05) is 6.04 Å². The van der Waals surface area contributed by atoms with Crippen molar-refractivity contribution in [3.63, 3.8) is 0 Å². The number of halogens is 1. The minimum absolute atomic E-state index is 0.115. The van der Waals surface area contributed by atoms with Crippen LogP contribution in [-0.4, -0.2) is 11.1 Å². The van der Waals surface area contributed by atoms with Crippen LogP contribution < -0.4 is 5.32 Å². The van der Waals surface area contributed by atoms with Crippen molar-refractivity contribution >= 4 is 11.7 Å². The lowest BCUT2D eigenvalue weighted by Crippen LogP contribution is -2.12. The average Bonchev–Trinajstić information content (AvgIpc) is 2.39. The fraction of sp³-hybridized carbons (Fsp3) is 0.188. The Kier molecular flexibility index (Phi) is 4.03. The van der Waals surface area contributed by atoms with E-state index in [4.69, 9.17) is 5.11 Å². The summed E-state index contributed by atoms with van der Waals surface area (Å²) >= 11 is 0. The van der Waals surface area contributed by atoms with Crippen molar-refractivity contribution < 1.29 is 14.3 Å². The second-order valence-electron chi connectivity index (χ2n) is 4.74. The normalized spacial score (nSPS) is 11.9. The van der Waals surface area contributed by atoms with Gasteiger partial charge in [-0.2, -0.15) is 0 Å². The molecule has 0 saturated heterocycles. The number of benzene rings is 2. The van der Waals surface area contributed by atoms with Crippen LogP contribution in [0.1, 0.15) is 34.5 Å². The molecule has 104 valence electrons. The molecule has 0 bridgehead atoms. The summed E-state index contributed by atoms with van der Waals surface area (Å²) in [5.74, 6) is -2.01. The molecule has 0 spiro atoms. The topological polar surface area (TPSA) is 49.3 Å². The zero-order chi connectivity index (χ0) is 14.7. The Balaban J connectivity index is 2.28. The SMILES string of the molecule is Cc1ccc(C(C)Nc2cccc(F)c2C(=O)O)cc1. The summed E-state index contributed by atoms with van der Waals surface area (Å²) in [7, 11) is 0. The van der Waals surface area contributed by atoms with E-state index in [1.165, 1.54) is 6.07 Å². The highest BCUT2D eigenvalue weighted by molar-refractivity contribution is 5.94. The number of rotatable bonds is 4. The van der Waals surface area contributed by atoms with E-state index in [0.29, 0.717) is 0 Å². The Morgan fingerprint density at radius 1 is 1.20 bits per heavy atom. The maximum absolute atomic E-state index is 13.6. The van der Waals surface area contributed by atoms with Crippen molar-refractivity contribution in [3.8, 4) is 0 Å². The number of aromatic carboxylic acids is 1. The second kappa shape index (κ2) is 5.74. The summed E-state index contributed by atoms with van der Waals surface area (Å²) in [5.41, 5.74) is 2.12. The van der Waals surface area contributed by atoms with E-state index in [9.17, 15) is 9.18 Å². The maximum Gasteiger partial charge on any atom is 0.340 e. The van der Waals surface area contributed by atoms with Crippen LogP contribution in [0.15, 0.2) is 42.5 Å². The van der Waals surface area contributed by atoms with Gasteiger partial charge < -0.3 is 10.4 Å². The molecule has 2 rings (SSSR count). The number of carboxylic acids is 1. The molecule has 1 unspecified atom stereocenters. The Bertz CT molecular complexity index is 623. The number of hydrogen-bond donors (Lipinski definition) is 2. The zero-order valence-electron chi connectivity index (χ0n) is 11.4. The molecule has 3 nitrogen and oxygen atoms in total. The van der Waals surface area contributed by atoms with Gasteiger partial charge in [-0.05, 0) is 31.5 Å². The Labute approximate surface area is 117 Å². The van der Waals surface area contributed by atoms with Crippen molar-refractivity contribution in [2.45, 2.75) is 19.9 Å². The Morgan fingerprint density at radius 3 is 2.45 bits per heavy atom. The molecule has 1 atom stereocenters. The van der Waals surface area contributed by atoms with Gasteiger partial charge in [0.1, 0.15) is 11.4 Å². The summed E-state index contributed by atoms with van der Waals surface area (Å²) < 4.78 is 13.6. The fourth-order valence-corrected chi connectivity index (χ4v) is 2.03. The van der Waals surface area contributed by atoms with Crippen LogP contribution in [-0.2, 0) is 0 Å². The van der Waals surface area contributed by atoms with Gasteiger partial charge in [-0.15, -0.1) is 0 Å². The Morgan fingerprint density at radius 2 is 1.85 bits per heavy atom. The van der Waals surface area contributed by atoms with Gasteiger partial charge >= 0.3 is 5.97 Å². The van der Waals surface area contributed by atoms with Crippen LogP contribution in [0.5, 0.6) is 0 Å². The van der Waals surface area contributed by atoms with E-state index >= 15 is 0 Å². The lowest BCUT2D eigenvalue weighted by atomic mass is 10.1. The lowest BCUT2D eigenvalue weighted by molar-refractivity contribution is 0.0693. The highest BCUT2D eigenvalue weighted by Crippen LogP contribution is 2.24. The molecule has 0 amide bonds. The minimum atomic E-state index is -1.28. The van der Waals surface area contributed by atoms with Crippen LogP contribution in [0.2, 0.25) is 0 Å². The largest absolute Gasteiger partial charge is 0.478 e. The van der Waals surface area contributed by atoms with Crippen LogP contribution in [0.4, 0.5) is 10.1 Å². The summed E-state index contributed by atoms with van der Waals surface area (Å²) in [6.07, 6.45) is 0. The minimum Gasteiger partial charge on any atom is -0.478 e. The average molecular weight is 273 g/mol. The van der Waals surface area contributed by atoms with Gasteiger partial charge in [-0.25, -0.2) is 9.18 Å². The first-order valence-electron chi connectivity index (χ1n) is 6.34. The molecule has 2 N–H and O–H groups in total. The molecule has 20 heavy (non-hydrogen) atoms. The summed E-state index contributed by atoms with van der Waals surface area (Å²) in [6, 6.07) is 12.0. The zero-order valence-corrected chi connectivity index (χ0v) is 11.4. The molecule has 0 fully saturated rings. The Hall–Kier alpha value is -2.36. The maximum atomic E-state index is 13.6.